The van der Waals surface area contributed by atoms with E-state index in [-0.39, 0.29) is 0 Å². The summed E-state index contributed by atoms with van der Waals surface area (Å²) in [6.45, 7) is 0. The Balaban J connectivity index is 3.20. The maximum absolute atomic E-state index is 5.78. The number of hydrogen-bond acceptors (Lipinski definition) is 1. The zero-order valence-electron chi connectivity index (χ0n) is 4.63. The Morgan fingerprint density at radius 2 is 1.70 bits per heavy atom. The van der Waals surface area contributed by atoms with Crippen molar-refractivity contribution in [2.75, 3.05) is 0 Å². The third-order valence-corrected chi connectivity index (χ3v) is 12.2. The van der Waals surface area contributed by atoms with Gasteiger partial charge < -0.3 is 0 Å². The van der Waals surface area contributed by atoms with Gasteiger partial charge in [-0.2, -0.15) is 0 Å². The summed E-state index contributed by atoms with van der Waals surface area (Å²) >= 11 is 17.1. The molecule has 0 aliphatic heterocycles. The van der Waals surface area contributed by atoms with E-state index < -0.39 is 23.3 Å². The number of halogens is 4. The Labute approximate surface area is 93.3 Å². The number of rotatable bonds is 1. The van der Waals surface area contributed by atoms with Crippen LogP contribution >= 0.6 is 54.4 Å². The third kappa shape index (κ3) is 1.93. The second-order valence-corrected chi connectivity index (χ2v) is 10.3. The molecule has 0 unspecified atom stereocenters. The molecule has 1 heterocycles. The van der Waals surface area contributed by atoms with Crippen LogP contribution in [0.1, 0.15) is 0 Å². The summed E-state index contributed by atoms with van der Waals surface area (Å²) in [5.74, 6) is 0. The van der Waals surface area contributed by atoms with Crippen molar-refractivity contribution in [3.05, 3.63) is 13.7 Å². The second-order valence-electron chi connectivity index (χ2n) is 1.58. The first kappa shape index (κ1) is 9.88. The monoisotopic (exact) mass is 422 g/mol. The molecule has 0 N–H and O–H groups in total. The van der Waals surface area contributed by atoms with Crippen molar-refractivity contribution < 1.29 is 23.3 Å². The van der Waals surface area contributed by atoms with Gasteiger partial charge in [0.25, 0.3) is 0 Å². The summed E-state index contributed by atoms with van der Waals surface area (Å²) in [5, 5.41) is 0.577. The molecule has 0 radical (unpaired) electrons. The predicted molar refractivity (Wildman–Crippen MR) is 44.8 cm³/mol. The van der Waals surface area contributed by atoms with Crippen molar-refractivity contribution in [1.29, 1.82) is 0 Å². The van der Waals surface area contributed by atoms with Crippen molar-refractivity contribution in [3.63, 3.8) is 0 Å². The maximum atomic E-state index is 5.78. The molecule has 0 bridgehead atoms. The minimum absolute atomic E-state index is 0.558. The van der Waals surface area contributed by atoms with E-state index in [4.69, 9.17) is 43.1 Å². The Bertz CT molecular complexity index is 246. The van der Waals surface area contributed by atoms with Crippen LogP contribution in [0.15, 0.2) is 0 Å². The van der Waals surface area contributed by atoms with Gasteiger partial charge in [0.1, 0.15) is 0 Å². The van der Waals surface area contributed by atoms with Crippen LogP contribution in [0.3, 0.4) is 0 Å². The van der Waals surface area contributed by atoms with Gasteiger partial charge in [0, 0.05) is 0 Å². The average molecular weight is 423 g/mol. The van der Waals surface area contributed by atoms with Gasteiger partial charge in [-0.1, -0.05) is 0 Å². The second kappa shape index (κ2) is 4.15. The van der Waals surface area contributed by atoms with Crippen LogP contribution in [0.5, 0.6) is 0 Å². The Kier molecular flexibility index (Phi) is 4.10. The van der Waals surface area contributed by atoms with Gasteiger partial charge in [0.15, 0.2) is 0 Å². The van der Waals surface area contributed by atoms with Crippen molar-refractivity contribution in [2.45, 2.75) is 0 Å². The summed E-state index contributed by atoms with van der Waals surface area (Å²) in [6, 6.07) is 0. The van der Waals surface area contributed by atoms with Gasteiger partial charge in [-0.3, -0.25) is 0 Å². The predicted octanol–water partition coefficient (Wildman–Crippen LogP) is 3.57. The molecule has 0 saturated heterocycles. The van der Waals surface area contributed by atoms with Gasteiger partial charge in [0.05, 0.1) is 0 Å². The normalized spacial score (nSPS) is 9.60. The SMILES string of the molecule is [Cl][Hg][c]1c(Cl)sc(Cl)c1Cl. The Morgan fingerprint density at radius 3 is 1.90 bits per heavy atom. The third-order valence-electron chi connectivity index (χ3n) is 0.988. The van der Waals surface area contributed by atoms with Gasteiger partial charge in [-0.25, -0.2) is 0 Å². The van der Waals surface area contributed by atoms with E-state index in [2.05, 4.69) is 0 Å². The van der Waals surface area contributed by atoms with Crippen LogP contribution in [0.2, 0.25) is 13.7 Å². The average Bonchev–Trinajstić information content (AvgIpc) is 2.09. The van der Waals surface area contributed by atoms with Crippen molar-refractivity contribution in [2.24, 2.45) is 0 Å². The van der Waals surface area contributed by atoms with Crippen LogP contribution in [0, 0.1) is 0 Å². The summed E-state index contributed by atoms with van der Waals surface area (Å²) in [5.41, 5.74) is 0. The Hall–Kier alpha value is 1.80. The molecule has 10 heavy (non-hydrogen) atoms. The van der Waals surface area contributed by atoms with Crippen LogP contribution < -0.4 is 3.07 Å². The molecule has 0 nitrogen and oxygen atoms in total. The summed E-state index contributed by atoms with van der Waals surface area (Å²) in [7, 11) is 5.75. The fourth-order valence-electron chi connectivity index (χ4n) is 0.501. The standard InChI is InChI=1S/C4Cl3S.ClH.Hg/c5-2-1-3(6)8-4(2)7;;/h;1H;/q;;+1/p-1. The fourth-order valence-corrected chi connectivity index (χ4v) is 11.6. The molecule has 6 heteroatoms. The molecular formula is C4Cl4HgS. The first-order chi connectivity index (χ1) is 4.66. The first-order valence-electron chi connectivity index (χ1n) is 2.35. The zero-order chi connectivity index (χ0) is 7.72. The molecule has 0 atom stereocenters. The minimum atomic E-state index is -1.48. The molecule has 1 aromatic heterocycles. The van der Waals surface area contributed by atoms with E-state index in [0.717, 1.165) is 3.07 Å². The fraction of sp³-hybridized carbons (Fsp3) is 0. The molecule has 0 amide bonds. The van der Waals surface area contributed by atoms with Gasteiger partial charge >= 0.3 is 94.5 Å². The first-order valence-corrected chi connectivity index (χ1v) is 13.8. The number of hydrogen-bond donors (Lipinski definition) is 0. The van der Waals surface area contributed by atoms with E-state index in [1.807, 2.05) is 0 Å². The molecular weight excluding hydrogens is 423 g/mol. The summed E-state index contributed by atoms with van der Waals surface area (Å²) in [6.07, 6.45) is 0. The molecule has 0 spiro atoms. The van der Waals surface area contributed by atoms with E-state index in [1.165, 1.54) is 11.3 Å². The van der Waals surface area contributed by atoms with Crippen molar-refractivity contribution >= 4 is 57.5 Å². The molecule has 1 aromatic rings. The van der Waals surface area contributed by atoms with E-state index in [0.29, 0.717) is 13.7 Å². The topological polar surface area (TPSA) is 0 Å². The van der Waals surface area contributed by atoms with Crippen LogP contribution in [0.25, 0.3) is 0 Å². The zero-order valence-corrected chi connectivity index (χ0v) is 14.0. The Morgan fingerprint density at radius 1 is 1.10 bits per heavy atom. The van der Waals surface area contributed by atoms with Gasteiger partial charge in [-0.15, -0.1) is 0 Å². The van der Waals surface area contributed by atoms with Gasteiger partial charge in [-0.05, 0) is 0 Å². The molecule has 0 saturated carbocycles. The van der Waals surface area contributed by atoms with Crippen molar-refractivity contribution in [3.8, 4) is 0 Å². The molecule has 0 aliphatic carbocycles. The number of thiophene rings is 1. The molecule has 0 aliphatic rings. The quantitative estimate of drug-likeness (QED) is 0.607. The van der Waals surface area contributed by atoms with E-state index in [1.54, 1.807) is 0 Å². The van der Waals surface area contributed by atoms with E-state index in [9.17, 15) is 0 Å². The van der Waals surface area contributed by atoms with E-state index >= 15 is 0 Å². The van der Waals surface area contributed by atoms with Crippen LogP contribution in [-0.2, 0) is 23.3 Å². The van der Waals surface area contributed by atoms with Crippen LogP contribution in [-0.4, -0.2) is 0 Å². The molecule has 0 aromatic carbocycles. The molecule has 52 valence electrons. The molecule has 0 fully saturated rings. The van der Waals surface area contributed by atoms with Crippen molar-refractivity contribution in [1.82, 2.24) is 0 Å². The summed E-state index contributed by atoms with van der Waals surface area (Å²) < 4.78 is 2.17. The summed E-state index contributed by atoms with van der Waals surface area (Å²) in [4.78, 5) is 0. The molecule has 1 rings (SSSR count). The van der Waals surface area contributed by atoms with Gasteiger partial charge in [0.2, 0.25) is 0 Å². The van der Waals surface area contributed by atoms with Crippen LogP contribution in [0.4, 0.5) is 0 Å².